The van der Waals surface area contributed by atoms with Gasteiger partial charge in [0.2, 0.25) is 11.4 Å². The second kappa shape index (κ2) is 7.20. The number of amides is 1. The molecule has 0 saturated heterocycles. The molecule has 0 fully saturated rings. The van der Waals surface area contributed by atoms with Crippen LogP contribution in [0.4, 0.5) is 0 Å². The zero-order valence-corrected chi connectivity index (χ0v) is 12.8. The van der Waals surface area contributed by atoms with Crippen molar-refractivity contribution in [1.82, 2.24) is 5.48 Å². The summed E-state index contributed by atoms with van der Waals surface area (Å²) in [7, 11) is 0. The Hall–Kier alpha value is -2.17. The van der Waals surface area contributed by atoms with Crippen LogP contribution in [0.3, 0.4) is 0 Å². The lowest BCUT2D eigenvalue weighted by Crippen LogP contribution is -3.00. The Bertz CT molecular complexity index is 805. The van der Waals surface area contributed by atoms with E-state index < -0.39 is 0 Å². The van der Waals surface area contributed by atoms with Crippen molar-refractivity contribution in [2.75, 3.05) is 0 Å². The van der Waals surface area contributed by atoms with E-state index in [2.05, 4.69) is 35.0 Å². The molecule has 22 heavy (non-hydrogen) atoms. The minimum Gasteiger partial charge on any atom is -1.00 e. The fraction of sp³-hybridized carbons (Fsp3) is 0.176. The molecule has 4 nitrogen and oxygen atoms in total. The van der Waals surface area contributed by atoms with Crippen LogP contribution in [0.2, 0.25) is 0 Å². The molecule has 2 N–H and O–H groups in total. The van der Waals surface area contributed by atoms with E-state index in [1.165, 1.54) is 16.2 Å². The van der Waals surface area contributed by atoms with Crippen LogP contribution >= 0.6 is 0 Å². The third-order valence-electron chi connectivity index (χ3n) is 3.69. The van der Waals surface area contributed by atoms with Crippen LogP contribution in [0.1, 0.15) is 12.8 Å². The number of aromatic nitrogens is 1. The van der Waals surface area contributed by atoms with Gasteiger partial charge in [-0.25, -0.2) is 5.48 Å². The van der Waals surface area contributed by atoms with Crippen LogP contribution in [-0.4, -0.2) is 11.1 Å². The van der Waals surface area contributed by atoms with E-state index in [0.29, 0.717) is 12.8 Å². The first-order valence-electron chi connectivity index (χ1n) is 7.02. The van der Waals surface area contributed by atoms with Gasteiger partial charge in [0, 0.05) is 29.7 Å². The van der Waals surface area contributed by atoms with Crippen LogP contribution in [0.15, 0.2) is 54.7 Å². The van der Waals surface area contributed by atoms with Crippen molar-refractivity contribution in [1.29, 1.82) is 0 Å². The molecule has 2 aromatic carbocycles. The number of nitrogens with zero attached hydrogens (tertiary/aromatic N) is 1. The molecule has 0 saturated carbocycles. The lowest BCUT2D eigenvalue weighted by molar-refractivity contribution is -0.670. The van der Waals surface area contributed by atoms with Gasteiger partial charge in [-0.05, 0) is 12.1 Å². The van der Waals surface area contributed by atoms with Gasteiger partial charge in [-0.2, -0.15) is 4.57 Å². The number of carbonyl (C=O) groups is 1. The maximum atomic E-state index is 11.1. The van der Waals surface area contributed by atoms with Crippen molar-refractivity contribution in [2.24, 2.45) is 0 Å². The van der Waals surface area contributed by atoms with Crippen molar-refractivity contribution in [3.63, 3.8) is 0 Å². The van der Waals surface area contributed by atoms with Gasteiger partial charge in [0.15, 0.2) is 6.20 Å². The molecule has 1 heterocycles. The van der Waals surface area contributed by atoms with E-state index in [1.54, 1.807) is 5.48 Å². The maximum Gasteiger partial charge on any atom is 0.243 e. The van der Waals surface area contributed by atoms with Gasteiger partial charge in [0.05, 0.1) is 5.39 Å². The number of para-hydroxylation sites is 1. The second-order valence-electron chi connectivity index (χ2n) is 5.07. The van der Waals surface area contributed by atoms with Crippen molar-refractivity contribution in [2.45, 2.75) is 19.4 Å². The van der Waals surface area contributed by atoms with Crippen molar-refractivity contribution < 1.29 is 27.0 Å². The van der Waals surface area contributed by atoms with Gasteiger partial charge in [-0.15, -0.1) is 0 Å². The molecule has 0 aliphatic heterocycles. The molecule has 0 aliphatic rings. The molecule has 3 rings (SSSR count). The van der Waals surface area contributed by atoms with Gasteiger partial charge >= 0.3 is 0 Å². The number of hydrogen-bond donors (Lipinski definition) is 2. The van der Waals surface area contributed by atoms with Crippen LogP contribution in [0, 0.1) is 0 Å². The fourth-order valence-electron chi connectivity index (χ4n) is 2.70. The maximum absolute atomic E-state index is 11.1. The number of carbonyl (C=O) groups excluding carboxylic acids is 1. The van der Waals surface area contributed by atoms with Gasteiger partial charge in [0.1, 0.15) is 6.54 Å². The lowest BCUT2D eigenvalue weighted by Gasteiger charge is -2.05. The topological polar surface area (TPSA) is 53.2 Å². The summed E-state index contributed by atoms with van der Waals surface area (Å²) >= 11 is 0. The molecule has 0 radical (unpaired) electrons. The Morgan fingerprint density at radius 1 is 1.05 bits per heavy atom. The predicted octanol–water partition coefficient (Wildman–Crippen LogP) is -0.430. The molecule has 0 unspecified atom stereocenters. The molecular formula is C17H17ClN2O2. The Morgan fingerprint density at radius 3 is 2.50 bits per heavy atom. The van der Waals surface area contributed by atoms with Gasteiger partial charge < -0.3 is 12.4 Å². The van der Waals surface area contributed by atoms with Crippen molar-refractivity contribution >= 4 is 27.6 Å². The molecular weight excluding hydrogens is 300 g/mol. The fourth-order valence-corrected chi connectivity index (χ4v) is 2.70. The van der Waals surface area contributed by atoms with Gasteiger partial charge in [0.25, 0.3) is 0 Å². The first kappa shape index (κ1) is 16.2. The van der Waals surface area contributed by atoms with Crippen LogP contribution in [0.5, 0.6) is 0 Å². The summed E-state index contributed by atoms with van der Waals surface area (Å²) in [6.07, 6.45) is 3.11. The number of pyridine rings is 1. The number of fused-ring (bicyclic) bond motifs is 3. The molecule has 0 spiro atoms. The van der Waals surface area contributed by atoms with E-state index in [1.807, 2.05) is 24.3 Å². The van der Waals surface area contributed by atoms with Crippen molar-refractivity contribution in [3.8, 4) is 0 Å². The highest BCUT2D eigenvalue weighted by atomic mass is 35.5. The number of hydroxylamine groups is 1. The summed E-state index contributed by atoms with van der Waals surface area (Å²) in [5, 5.41) is 12.2. The number of hydrogen-bond acceptors (Lipinski definition) is 2. The van der Waals surface area contributed by atoms with Gasteiger partial charge in [-0.3, -0.25) is 10.0 Å². The highest BCUT2D eigenvalue weighted by Crippen LogP contribution is 2.22. The number of nitrogens with one attached hydrogen (secondary N) is 1. The molecule has 0 bridgehead atoms. The van der Waals surface area contributed by atoms with Gasteiger partial charge in [-0.1, -0.05) is 30.3 Å². The standard InChI is InChI=1S/C17H16N2O2.ClH/c20-17(18-21)10-5-11-19-12-13-6-1-2-7-14(13)15-8-3-4-9-16(15)19;/h1-4,6-9,12H,5,10-11H2,(H-,18,20,21);1H. The molecule has 0 aliphatic carbocycles. The Kier molecular flexibility index (Phi) is 5.31. The number of halogens is 1. The molecule has 0 atom stereocenters. The quantitative estimate of drug-likeness (QED) is 0.297. The monoisotopic (exact) mass is 316 g/mol. The molecule has 114 valence electrons. The van der Waals surface area contributed by atoms with Crippen LogP contribution in [-0.2, 0) is 11.3 Å². The summed E-state index contributed by atoms with van der Waals surface area (Å²) in [5.41, 5.74) is 2.82. The first-order chi connectivity index (χ1) is 10.3. The highest BCUT2D eigenvalue weighted by molar-refractivity contribution is 6.03. The number of aryl methyl sites for hydroxylation is 1. The molecule has 3 aromatic rings. The Labute approximate surface area is 134 Å². The van der Waals surface area contributed by atoms with E-state index in [0.717, 1.165) is 12.1 Å². The second-order valence-corrected chi connectivity index (χ2v) is 5.07. The minimum absolute atomic E-state index is 0. The van der Waals surface area contributed by atoms with Crippen molar-refractivity contribution in [3.05, 3.63) is 54.7 Å². The Balaban J connectivity index is 0.00000176. The average molecular weight is 317 g/mol. The SMILES string of the molecule is O=C(CCC[n+]1cc2ccccc2c2ccccc21)NO.[Cl-]. The highest BCUT2D eigenvalue weighted by Gasteiger charge is 2.12. The summed E-state index contributed by atoms with van der Waals surface area (Å²) in [6, 6.07) is 16.6. The zero-order valence-electron chi connectivity index (χ0n) is 12.0. The predicted molar refractivity (Wildman–Crippen MR) is 80.8 cm³/mol. The summed E-state index contributed by atoms with van der Waals surface area (Å²) in [6.45, 7) is 0.735. The van der Waals surface area contributed by atoms with Crippen LogP contribution in [0.25, 0.3) is 21.7 Å². The summed E-state index contributed by atoms with van der Waals surface area (Å²) < 4.78 is 2.17. The van der Waals surface area contributed by atoms with E-state index >= 15 is 0 Å². The minimum atomic E-state index is -0.347. The van der Waals surface area contributed by atoms with Crippen LogP contribution < -0.4 is 22.5 Å². The Morgan fingerprint density at radius 2 is 1.73 bits per heavy atom. The van der Waals surface area contributed by atoms with E-state index in [4.69, 9.17) is 5.21 Å². The normalized spacial score (nSPS) is 10.4. The largest absolute Gasteiger partial charge is 1.00 e. The smallest absolute Gasteiger partial charge is 0.243 e. The lowest BCUT2D eigenvalue weighted by atomic mass is 10.1. The number of rotatable bonds is 4. The third kappa shape index (κ3) is 3.18. The summed E-state index contributed by atoms with van der Waals surface area (Å²) in [4.78, 5) is 11.1. The van der Waals surface area contributed by atoms with E-state index in [9.17, 15) is 4.79 Å². The third-order valence-corrected chi connectivity index (χ3v) is 3.69. The molecule has 5 heteroatoms. The first-order valence-corrected chi connectivity index (χ1v) is 7.02. The summed E-state index contributed by atoms with van der Waals surface area (Å²) in [5.74, 6) is -0.347. The van der Waals surface area contributed by atoms with E-state index in [-0.39, 0.29) is 18.3 Å². The molecule has 1 amide bonds. The zero-order chi connectivity index (χ0) is 14.7. The molecule has 1 aromatic heterocycles. The number of benzene rings is 2. The average Bonchev–Trinajstić information content (AvgIpc) is 2.54.